The smallest absolute Gasteiger partial charge is 0.410 e. The minimum atomic E-state index is -0.281. The number of amides is 1. The maximum absolute atomic E-state index is 12.5. The van der Waals surface area contributed by atoms with Crippen LogP contribution in [0.3, 0.4) is 0 Å². The molecule has 1 fully saturated rings. The number of carbonyl (C=O) groups excluding carboxylic acids is 1. The first-order valence-corrected chi connectivity index (χ1v) is 11.8. The van der Waals surface area contributed by atoms with Gasteiger partial charge in [-0.05, 0) is 37.5 Å². The van der Waals surface area contributed by atoms with Crippen LogP contribution in [-0.4, -0.2) is 34.8 Å². The summed E-state index contributed by atoms with van der Waals surface area (Å²) in [6, 6.07) is 17.7. The number of thiazole rings is 1. The molecule has 0 saturated carbocycles. The number of carbonyl (C=O) groups is 1. The van der Waals surface area contributed by atoms with Crippen LogP contribution in [0.5, 0.6) is 5.75 Å². The zero-order chi connectivity index (χ0) is 21.9. The molecule has 0 N–H and O–H groups in total. The lowest BCUT2D eigenvalue weighted by Crippen LogP contribution is -2.39. The van der Waals surface area contributed by atoms with Gasteiger partial charge in [0.1, 0.15) is 11.5 Å². The minimum Gasteiger partial charge on any atom is -0.410 e. The fourth-order valence-corrected chi connectivity index (χ4v) is 5.06. The van der Waals surface area contributed by atoms with Crippen LogP contribution >= 0.6 is 11.3 Å². The van der Waals surface area contributed by atoms with E-state index in [1.165, 1.54) is 0 Å². The quantitative estimate of drug-likeness (QED) is 0.515. The third-order valence-electron chi connectivity index (χ3n) is 5.99. The number of piperidine rings is 1. The Morgan fingerprint density at radius 3 is 2.59 bits per heavy atom. The normalized spacial score (nSPS) is 18.8. The second kappa shape index (κ2) is 9.12. The molecule has 1 aromatic heterocycles. The average molecular weight is 448 g/mol. The molecule has 7 heteroatoms. The number of likely N-dealkylation sites (tertiary alicyclic amines) is 1. The molecular formula is C25H25N3O3S. The van der Waals surface area contributed by atoms with Crippen LogP contribution in [0.2, 0.25) is 0 Å². The van der Waals surface area contributed by atoms with Gasteiger partial charge in [0.2, 0.25) is 0 Å². The first kappa shape index (κ1) is 20.7. The van der Waals surface area contributed by atoms with E-state index in [0.29, 0.717) is 24.8 Å². The number of ether oxygens (including phenoxy) is 1. The van der Waals surface area contributed by atoms with Crippen molar-refractivity contribution in [2.24, 2.45) is 5.16 Å². The average Bonchev–Trinajstić information content (AvgIpc) is 3.51. The monoisotopic (exact) mass is 447 g/mol. The molecule has 1 amide bonds. The Hall–Kier alpha value is -3.19. The molecule has 5 rings (SSSR count). The van der Waals surface area contributed by atoms with Crippen LogP contribution in [0.15, 0.2) is 65.1 Å². The van der Waals surface area contributed by atoms with Crippen molar-refractivity contribution in [3.63, 3.8) is 0 Å². The number of aryl methyl sites for hydroxylation is 1. The van der Waals surface area contributed by atoms with Gasteiger partial charge in [0.05, 0.1) is 10.7 Å². The fourth-order valence-electron chi connectivity index (χ4n) is 4.06. The summed E-state index contributed by atoms with van der Waals surface area (Å²) in [5.41, 5.74) is 4.08. The Kier molecular flexibility index (Phi) is 5.90. The van der Waals surface area contributed by atoms with Gasteiger partial charge >= 0.3 is 6.09 Å². The number of hydrogen-bond acceptors (Lipinski definition) is 6. The van der Waals surface area contributed by atoms with E-state index in [4.69, 9.17) is 14.6 Å². The summed E-state index contributed by atoms with van der Waals surface area (Å²) in [6.45, 7) is 3.35. The maximum Gasteiger partial charge on any atom is 0.415 e. The van der Waals surface area contributed by atoms with Gasteiger partial charge in [-0.25, -0.2) is 9.78 Å². The van der Waals surface area contributed by atoms with E-state index in [1.54, 1.807) is 16.2 Å². The van der Waals surface area contributed by atoms with Gasteiger partial charge in [0, 0.05) is 30.8 Å². The van der Waals surface area contributed by atoms with Crippen molar-refractivity contribution in [1.29, 1.82) is 0 Å². The van der Waals surface area contributed by atoms with Crippen LogP contribution < -0.4 is 4.74 Å². The lowest BCUT2D eigenvalue weighted by molar-refractivity contribution is 0.0857. The predicted octanol–water partition coefficient (Wildman–Crippen LogP) is 5.70. The number of nitrogens with zero attached hydrogens (tertiary/aromatic N) is 3. The van der Waals surface area contributed by atoms with Crippen LogP contribution in [0.1, 0.15) is 53.1 Å². The van der Waals surface area contributed by atoms with E-state index in [2.05, 4.69) is 22.7 Å². The van der Waals surface area contributed by atoms with Crippen molar-refractivity contribution in [3.05, 3.63) is 81.8 Å². The van der Waals surface area contributed by atoms with E-state index in [-0.39, 0.29) is 12.2 Å². The highest BCUT2D eigenvalue weighted by atomic mass is 32.1. The zero-order valence-corrected chi connectivity index (χ0v) is 18.8. The van der Waals surface area contributed by atoms with Gasteiger partial charge in [-0.2, -0.15) is 0 Å². The fraction of sp³-hybridized carbons (Fsp3) is 0.320. The number of benzene rings is 2. The van der Waals surface area contributed by atoms with Crippen molar-refractivity contribution >= 4 is 23.1 Å². The molecule has 0 aliphatic carbocycles. The summed E-state index contributed by atoms with van der Waals surface area (Å²) in [5.74, 6) is 0.936. The summed E-state index contributed by atoms with van der Waals surface area (Å²) in [4.78, 5) is 24.8. The zero-order valence-electron chi connectivity index (χ0n) is 17.9. The van der Waals surface area contributed by atoms with E-state index in [0.717, 1.165) is 46.8 Å². The molecule has 2 aliphatic rings. The highest BCUT2D eigenvalue weighted by Gasteiger charge is 2.29. The molecule has 2 aromatic carbocycles. The first-order chi connectivity index (χ1) is 15.7. The molecule has 0 spiro atoms. The second-order valence-electron chi connectivity index (χ2n) is 8.26. The third kappa shape index (κ3) is 4.53. The Bertz CT molecular complexity index is 1100. The van der Waals surface area contributed by atoms with E-state index < -0.39 is 0 Å². The Labute approximate surface area is 191 Å². The summed E-state index contributed by atoms with van der Waals surface area (Å²) in [6.07, 6.45) is 2.17. The Balaban J connectivity index is 1.15. The molecule has 6 nitrogen and oxygen atoms in total. The third-order valence-corrected chi connectivity index (χ3v) is 6.99. The first-order valence-electron chi connectivity index (χ1n) is 10.9. The molecule has 2 aliphatic heterocycles. The topological polar surface area (TPSA) is 64.0 Å². The number of aromatic nitrogens is 1. The molecule has 1 atom stereocenters. The minimum absolute atomic E-state index is 0.0425. The number of oxime groups is 1. The standard InChI is InChI=1S/C25H25N3O3S/c1-17-7-9-20(10-8-17)30-25(29)28-13-11-19(12-14-28)24-26-22(16-32-24)21-15-23(31-27-21)18-5-3-2-4-6-18/h2-10,16,19,23H,11-15H2,1H3. The molecule has 3 heterocycles. The molecule has 32 heavy (non-hydrogen) atoms. The van der Waals surface area contributed by atoms with Crippen molar-refractivity contribution in [2.75, 3.05) is 13.1 Å². The number of rotatable bonds is 4. The summed E-state index contributed by atoms with van der Waals surface area (Å²) in [5, 5.41) is 7.48. The van der Waals surface area contributed by atoms with Gasteiger partial charge in [0.25, 0.3) is 0 Å². The number of hydrogen-bond donors (Lipinski definition) is 0. The predicted molar refractivity (Wildman–Crippen MR) is 124 cm³/mol. The van der Waals surface area contributed by atoms with Crippen LogP contribution in [0.25, 0.3) is 0 Å². The Morgan fingerprint density at radius 1 is 1.09 bits per heavy atom. The molecular weight excluding hydrogens is 422 g/mol. The maximum atomic E-state index is 12.5. The van der Waals surface area contributed by atoms with Gasteiger partial charge < -0.3 is 14.5 Å². The van der Waals surface area contributed by atoms with Crippen LogP contribution in [0, 0.1) is 6.92 Å². The molecule has 164 valence electrons. The van der Waals surface area contributed by atoms with Gasteiger partial charge in [-0.1, -0.05) is 53.2 Å². The Morgan fingerprint density at radius 2 is 1.84 bits per heavy atom. The van der Waals surface area contributed by atoms with Crippen LogP contribution in [-0.2, 0) is 4.84 Å². The lowest BCUT2D eigenvalue weighted by atomic mass is 9.98. The summed E-state index contributed by atoms with van der Waals surface area (Å²) in [7, 11) is 0. The molecule has 0 bridgehead atoms. The van der Waals surface area contributed by atoms with Crippen molar-refractivity contribution in [1.82, 2.24) is 9.88 Å². The van der Waals surface area contributed by atoms with E-state index >= 15 is 0 Å². The van der Waals surface area contributed by atoms with Gasteiger partial charge in [-0.15, -0.1) is 11.3 Å². The second-order valence-corrected chi connectivity index (χ2v) is 9.15. The molecule has 1 saturated heterocycles. The van der Waals surface area contributed by atoms with Crippen molar-refractivity contribution in [2.45, 2.75) is 38.2 Å². The lowest BCUT2D eigenvalue weighted by Gasteiger charge is -2.30. The summed E-state index contributed by atoms with van der Waals surface area (Å²) >= 11 is 1.67. The van der Waals surface area contributed by atoms with E-state index in [9.17, 15) is 4.79 Å². The van der Waals surface area contributed by atoms with Crippen LogP contribution in [0.4, 0.5) is 4.79 Å². The van der Waals surface area contributed by atoms with Crippen molar-refractivity contribution in [3.8, 4) is 5.75 Å². The summed E-state index contributed by atoms with van der Waals surface area (Å²) < 4.78 is 5.51. The van der Waals surface area contributed by atoms with E-state index in [1.807, 2.05) is 49.4 Å². The largest absolute Gasteiger partial charge is 0.415 e. The molecule has 1 unspecified atom stereocenters. The highest BCUT2D eigenvalue weighted by Crippen LogP contribution is 2.33. The highest BCUT2D eigenvalue weighted by molar-refractivity contribution is 7.10. The SMILES string of the molecule is Cc1ccc(OC(=O)N2CCC(c3nc(C4=NOC(c5ccccc5)C4)cs3)CC2)cc1. The van der Waals surface area contributed by atoms with Gasteiger partial charge in [-0.3, -0.25) is 0 Å². The molecule has 0 radical (unpaired) electrons. The van der Waals surface area contributed by atoms with Gasteiger partial charge in [0.15, 0.2) is 6.10 Å². The molecule has 3 aromatic rings. The van der Waals surface area contributed by atoms with Crippen molar-refractivity contribution < 1.29 is 14.4 Å².